The van der Waals surface area contributed by atoms with Crippen molar-refractivity contribution in [2.75, 3.05) is 64.9 Å². The minimum absolute atomic E-state index is 0.0107. The highest BCUT2D eigenvalue weighted by atomic mass is 32.2. The predicted octanol–water partition coefficient (Wildman–Crippen LogP) is 1.38. The average Bonchev–Trinajstić information content (AvgIpc) is 3.35. The van der Waals surface area contributed by atoms with E-state index in [2.05, 4.69) is 6.58 Å². The molecule has 41 heavy (non-hydrogen) atoms. The maximum atomic E-state index is 14.3. The van der Waals surface area contributed by atoms with E-state index in [-0.39, 0.29) is 42.2 Å². The van der Waals surface area contributed by atoms with E-state index in [1.165, 1.54) is 38.4 Å². The molecule has 2 amide bonds. The number of anilines is 1. The molecule has 3 aliphatic heterocycles. The van der Waals surface area contributed by atoms with E-state index in [4.69, 9.17) is 4.74 Å². The molecule has 2 aromatic carbocycles. The molecule has 0 saturated carbocycles. The molecule has 1 unspecified atom stereocenters. The van der Waals surface area contributed by atoms with Crippen LogP contribution in [0.1, 0.15) is 11.1 Å². The molecule has 1 spiro atoms. The van der Waals surface area contributed by atoms with Gasteiger partial charge in [0.25, 0.3) is 17.6 Å². The Morgan fingerprint density at radius 2 is 1.73 bits per heavy atom. The van der Waals surface area contributed by atoms with Gasteiger partial charge < -0.3 is 24.5 Å². The smallest absolute Gasteiger partial charge is 0.296 e. The Hall–Kier alpha value is -3.84. The molecule has 0 radical (unpaired) electrons. The Morgan fingerprint density at radius 3 is 2.37 bits per heavy atom. The minimum atomic E-state index is -3.80. The number of aliphatic hydroxyl groups is 1. The van der Waals surface area contributed by atoms with Gasteiger partial charge in [-0.1, -0.05) is 24.3 Å². The van der Waals surface area contributed by atoms with E-state index < -0.39 is 38.9 Å². The van der Waals surface area contributed by atoms with Gasteiger partial charge in [0.15, 0.2) is 5.54 Å². The lowest BCUT2D eigenvalue weighted by Gasteiger charge is -2.35. The number of morpholine rings is 1. The first-order chi connectivity index (χ1) is 19.6. The number of benzene rings is 2. The maximum absolute atomic E-state index is 14.3. The summed E-state index contributed by atoms with van der Waals surface area (Å²) in [5, 5.41) is 11.6. The number of carbonyl (C=O) groups excluding carboxylic acids is 3. The van der Waals surface area contributed by atoms with Gasteiger partial charge in [-0.3, -0.25) is 14.4 Å². The number of ether oxygens (including phenoxy) is 1. The second-order valence-electron chi connectivity index (χ2n) is 10.3. The topological polar surface area (TPSA) is 128 Å². The van der Waals surface area contributed by atoms with Crippen molar-refractivity contribution in [1.29, 1.82) is 0 Å². The molecular weight excluding hydrogens is 548 g/mol. The quantitative estimate of drug-likeness (QED) is 0.215. The van der Waals surface area contributed by atoms with E-state index in [0.29, 0.717) is 31.0 Å². The highest BCUT2D eigenvalue weighted by Gasteiger charge is 2.66. The molecule has 2 fully saturated rings. The van der Waals surface area contributed by atoms with Crippen LogP contribution in [0.5, 0.6) is 0 Å². The fourth-order valence-electron chi connectivity index (χ4n) is 5.64. The first-order valence-electron chi connectivity index (χ1n) is 13.2. The highest BCUT2D eigenvalue weighted by Crippen LogP contribution is 2.53. The molecule has 0 aliphatic carbocycles. The molecule has 0 bridgehead atoms. The first kappa shape index (κ1) is 28.7. The van der Waals surface area contributed by atoms with Crippen LogP contribution in [0, 0.1) is 0 Å². The third-order valence-corrected chi connectivity index (χ3v) is 9.54. The number of nitrogens with zero attached hydrogens (tertiary/aromatic N) is 4. The van der Waals surface area contributed by atoms with Crippen molar-refractivity contribution >= 4 is 39.1 Å². The Balaban J connectivity index is 1.67. The number of aliphatic hydroxyl groups excluding tert-OH is 1. The molecule has 216 valence electrons. The summed E-state index contributed by atoms with van der Waals surface area (Å²) in [7, 11) is -0.181. The molecule has 12 heteroatoms. The van der Waals surface area contributed by atoms with Crippen molar-refractivity contribution in [2.45, 2.75) is 10.4 Å². The molecular formula is C29H32N4O7S. The van der Waals surface area contributed by atoms with Crippen molar-refractivity contribution in [3.63, 3.8) is 0 Å². The fraction of sp³-hybridized carbons (Fsp3) is 0.345. The molecule has 11 nitrogen and oxygen atoms in total. The monoisotopic (exact) mass is 580 g/mol. The van der Waals surface area contributed by atoms with Gasteiger partial charge in [0.05, 0.1) is 29.4 Å². The highest BCUT2D eigenvalue weighted by molar-refractivity contribution is 7.89. The van der Waals surface area contributed by atoms with Crippen molar-refractivity contribution < 1.29 is 32.6 Å². The van der Waals surface area contributed by atoms with E-state index in [1.807, 2.05) is 19.0 Å². The van der Waals surface area contributed by atoms with Crippen molar-refractivity contribution in [3.05, 3.63) is 77.9 Å². The number of hydrogen-bond donors (Lipinski definition) is 1. The number of amides is 2. The number of fused-ring (bicyclic) bond motifs is 2. The molecule has 5 rings (SSSR count). The summed E-state index contributed by atoms with van der Waals surface area (Å²) < 4.78 is 32.8. The predicted molar refractivity (Wildman–Crippen MR) is 152 cm³/mol. The number of likely N-dealkylation sites (tertiary alicyclic amines) is 1. The van der Waals surface area contributed by atoms with Crippen LogP contribution >= 0.6 is 0 Å². The van der Waals surface area contributed by atoms with Gasteiger partial charge in [0.1, 0.15) is 5.76 Å². The summed E-state index contributed by atoms with van der Waals surface area (Å²) in [6.45, 7) is 5.33. The summed E-state index contributed by atoms with van der Waals surface area (Å²) in [5.41, 5.74) is -1.24. The van der Waals surface area contributed by atoms with Crippen molar-refractivity contribution in [1.82, 2.24) is 14.1 Å². The number of sulfonamides is 1. The van der Waals surface area contributed by atoms with E-state index in [9.17, 15) is 27.9 Å². The Morgan fingerprint density at radius 1 is 1.07 bits per heavy atom. The number of Topliss-reactive ketones (excluding diaryl/α,β-unsaturated/α-hetero) is 1. The fourth-order valence-corrected chi connectivity index (χ4v) is 7.05. The molecule has 3 aliphatic rings. The summed E-state index contributed by atoms with van der Waals surface area (Å²) in [4.78, 5) is 46.0. The molecule has 1 N–H and O–H groups in total. The Kier molecular flexibility index (Phi) is 7.60. The van der Waals surface area contributed by atoms with Crippen molar-refractivity contribution in [2.24, 2.45) is 0 Å². The van der Waals surface area contributed by atoms with Crippen LogP contribution < -0.4 is 4.90 Å². The zero-order chi connectivity index (χ0) is 29.5. The third-order valence-electron chi connectivity index (χ3n) is 7.63. The van der Waals surface area contributed by atoms with Crippen LogP contribution in [-0.4, -0.2) is 105 Å². The summed E-state index contributed by atoms with van der Waals surface area (Å²) in [6.07, 6.45) is 1.55. The zero-order valence-corrected chi connectivity index (χ0v) is 23.8. The molecule has 2 aromatic rings. The minimum Gasteiger partial charge on any atom is -0.507 e. The average molecular weight is 581 g/mol. The third kappa shape index (κ3) is 4.47. The van der Waals surface area contributed by atoms with Crippen molar-refractivity contribution in [3.8, 4) is 0 Å². The lowest BCUT2D eigenvalue weighted by atomic mass is 9.82. The van der Waals surface area contributed by atoms with Crippen LogP contribution in [-0.2, 0) is 34.7 Å². The normalized spacial score (nSPS) is 22.7. The number of likely N-dealkylation sites (N-methyl/N-ethyl adjacent to an activating group) is 1. The zero-order valence-electron chi connectivity index (χ0n) is 22.9. The molecule has 3 heterocycles. The maximum Gasteiger partial charge on any atom is 0.296 e. The number of para-hydroxylation sites is 1. The first-order valence-corrected chi connectivity index (χ1v) is 14.7. The van der Waals surface area contributed by atoms with Gasteiger partial charge in [-0.15, -0.1) is 6.58 Å². The van der Waals surface area contributed by atoms with E-state index >= 15 is 0 Å². The summed E-state index contributed by atoms with van der Waals surface area (Å²) in [5.74, 6) is -3.00. The van der Waals surface area contributed by atoms with Crippen LogP contribution in [0.3, 0.4) is 0 Å². The van der Waals surface area contributed by atoms with Gasteiger partial charge in [-0.2, -0.15) is 4.31 Å². The van der Waals surface area contributed by atoms with Crippen LogP contribution in [0.4, 0.5) is 5.69 Å². The second kappa shape index (κ2) is 10.9. The van der Waals surface area contributed by atoms with E-state index in [0.717, 1.165) is 0 Å². The number of carbonyl (C=O) groups is 3. The van der Waals surface area contributed by atoms with Crippen LogP contribution in [0.15, 0.2) is 71.7 Å². The molecule has 0 aromatic heterocycles. The lowest BCUT2D eigenvalue weighted by molar-refractivity contribution is -0.143. The van der Waals surface area contributed by atoms with Gasteiger partial charge in [0, 0.05) is 43.9 Å². The lowest BCUT2D eigenvalue weighted by Crippen LogP contribution is -2.53. The Labute approximate surface area is 238 Å². The molecule has 1 atom stereocenters. The van der Waals surface area contributed by atoms with E-state index in [1.54, 1.807) is 30.3 Å². The van der Waals surface area contributed by atoms with Gasteiger partial charge in [0.2, 0.25) is 10.0 Å². The number of ketones is 1. The number of rotatable bonds is 8. The molecule has 2 saturated heterocycles. The van der Waals surface area contributed by atoms with Crippen LogP contribution in [0.2, 0.25) is 0 Å². The van der Waals surface area contributed by atoms with Crippen LogP contribution in [0.25, 0.3) is 5.76 Å². The largest absolute Gasteiger partial charge is 0.507 e. The Bertz CT molecular complexity index is 1540. The number of hydrogen-bond acceptors (Lipinski definition) is 8. The second-order valence-corrected chi connectivity index (χ2v) is 12.2. The van der Waals surface area contributed by atoms with Gasteiger partial charge in [-0.05, 0) is 44.4 Å². The summed E-state index contributed by atoms with van der Waals surface area (Å²) >= 11 is 0. The SMILES string of the molecule is C=CCN1C(=O)C2(C(=C(O)c3ccc(S(=O)(=O)N4CCOCC4)cc3)C(=O)C(=O)N2CCN(C)C)c2ccccc21. The van der Waals surface area contributed by atoms with Gasteiger partial charge in [-0.25, -0.2) is 8.42 Å². The summed E-state index contributed by atoms with van der Waals surface area (Å²) in [6, 6.07) is 12.3. The standard InChI is InChI=1S/C29H32N4O7S/c1-4-13-32-23-8-6-5-7-22(23)29(28(32)37)24(26(35)27(36)33(29)15-14-30(2)3)25(34)20-9-11-21(12-10-20)41(38,39)31-16-18-40-19-17-31/h4-12,34H,1,13-19H2,2-3H3. The van der Waals surface area contributed by atoms with Gasteiger partial charge >= 0.3 is 0 Å².